The number of anilines is 1. The van der Waals surface area contributed by atoms with Gasteiger partial charge in [-0.3, -0.25) is 14.9 Å². The zero-order valence-corrected chi connectivity index (χ0v) is 13.2. The molecular weight excluding hydrogens is 358 g/mol. The van der Waals surface area contributed by atoms with E-state index in [1.54, 1.807) is 0 Å². The van der Waals surface area contributed by atoms with Gasteiger partial charge in [0.1, 0.15) is 11.4 Å². The summed E-state index contributed by atoms with van der Waals surface area (Å²) in [6.07, 6.45) is 0.189. The number of carbonyl (C=O) groups excluding carboxylic acids is 1. The molecule has 1 aliphatic heterocycles. The maximum atomic E-state index is 12.1. The molecule has 1 fully saturated rings. The van der Waals surface area contributed by atoms with E-state index in [0.717, 1.165) is 0 Å². The number of hydrogen-bond acceptors (Lipinski definition) is 5. The number of rotatable bonds is 5. The van der Waals surface area contributed by atoms with Crippen LogP contribution in [0.5, 0.6) is 5.75 Å². The third kappa shape index (κ3) is 3.12. The summed E-state index contributed by atoms with van der Waals surface area (Å²) in [5, 5.41) is 14.7. The number of hydrogen-bond donors (Lipinski definition) is 0. The van der Waals surface area contributed by atoms with Crippen molar-refractivity contribution in [2.45, 2.75) is 6.42 Å². The first kappa shape index (κ1) is 16.1. The molecule has 9 nitrogen and oxygen atoms in total. The fourth-order valence-corrected chi connectivity index (χ4v) is 2.83. The van der Waals surface area contributed by atoms with Crippen molar-refractivity contribution < 1.29 is 14.5 Å². The molecule has 0 N–H and O–H groups in total. The van der Waals surface area contributed by atoms with E-state index in [1.807, 2.05) is 0 Å². The van der Waals surface area contributed by atoms with Crippen molar-refractivity contribution in [1.82, 2.24) is 0 Å². The maximum absolute atomic E-state index is 12.1. The zero-order chi connectivity index (χ0) is 16.3. The molecule has 116 valence electrons. The first-order chi connectivity index (χ1) is 10.5. The number of azide groups is 1. The average Bonchev–Trinajstić information content (AvgIpc) is 2.85. The summed E-state index contributed by atoms with van der Waals surface area (Å²) in [5.41, 5.74) is 8.33. The van der Waals surface area contributed by atoms with Gasteiger partial charge in [-0.2, -0.15) is 0 Å². The van der Waals surface area contributed by atoms with Crippen molar-refractivity contribution >= 4 is 33.2 Å². The van der Waals surface area contributed by atoms with Gasteiger partial charge in [0.05, 0.1) is 16.5 Å². The SMILES string of the molecule is COc1cc(N2CC(CN=[N+]=[N-])CC2=O)c([N+](=O)[O-])cc1Br. The number of methoxy groups -OCH3 is 1. The Morgan fingerprint density at radius 2 is 2.36 bits per heavy atom. The van der Waals surface area contributed by atoms with Crippen LogP contribution in [0, 0.1) is 16.0 Å². The van der Waals surface area contributed by atoms with Gasteiger partial charge in [-0.15, -0.1) is 0 Å². The molecule has 1 aliphatic rings. The highest BCUT2D eigenvalue weighted by atomic mass is 79.9. The number of nitrogens with zero attached hydrogens (tertiary/aromatic N) is 5. The van der Waals surface area contributed by atoms with Crippen LogP contribution >= 0.6 is 15.9 Å². The van der Waals surface area contributed by atoms with Crippen molar-refractivity contribution in [2.75, 3.05) is 25.1 Å². The van der Waals surface area contributed by atoms with Crippen LogP contribution in [0.25, 0.3) is 10.4 Å². The van der Waals surface area contributed by atoms with E-state index >= 15 is 0 Å². The van der Waals surface area contributed by atoms with Crippen molar-refractivity contribution in [2.24, 2.45) is 11.0 Å². The Labute approximate surface area is 133 Å². The minimum Gasteiger partial charge on any atom is -0.495 e. The molecule has 1 atom stereocenters. The lowest BCUT2D eigenvalue weighted by Crippen LogP contribution is -2.25. The van der Waals surface area contributed by atoms with Gasteiger partial charge in [0.25, 0.3) is 5.69 Å². The fourth-order valence-electron chi connectivity index (χ4n) is 2.34. The van der Waals surface area contributed by atoms with Crippen LogP contribution in [0.15, 0.2) is 21.7 Å². The number of halogens is 1. The molecule has 1 saturated heterocycles. The number of ether oxygens (including phenoxy) is 1. The highest BCUT2D eigenvalue weighted by Crippen LogP contribution is 2.40. The number of nitro benzene ring substituents is 1. The van der Waals surface area contributed by atoms with Gasteiger partial charge in [-0.05, 0) is 27.4 Å². The normalized spacial score (nSPS) is 17.3. The highest BCUT2D eigenvalue weighted by Gasteiger charge is 2.34. The largest absolute Gasteiger partial charge is 0.495 e. The van der Waals surface area contributed by atoms with E-state index in [9.17, 15) is 14.9 Å². The zero-order valence-electron chi connectivity index (χ0n) is 11.6. The summed E-state index contributed by atoms with van der Waals surface area (Å²) < 4.78 is 5.57. The smallest absolute Gasteiger partial charge is 0.294 e. The summed E-state index contributed by atoms with van der Waals surface area (Å²) >= 11 is 3.19. The van der Waals surface area contributed by atoms with Crippen molar-refractivity contribution in [3.8, 4) is 5.75 Å². The lowest BCUT2D eigenvalue weighted by atomic mass is 10.1. The Bertz CT molecular complexity index is 674. The van der Waals surface area contributed by atoms with Crippen LogP contribution in [-0.4, -0.2) is 31.0 Å². The van der Waals surface area contributed by atoms with Crippen LogP contribution in [0.4, 0.5) is 11.4 Å². The average molecular weight is 370 g/mol. The van der Waals surface area contributed by atoms with Crippen LogP contribution in [0.3, 0.4) is 0 Å². The Hall–Kier alpha value is -2.32. The molecule has 1 aromatic rings. The second kappa shape index (κ2) is 6.63. The van der Waals surface area contributed by atoms with E-state index in [1.165, 1.54) is 24.1 Å². The minimum absolute atomic E-state index is 0.155. The summed E-state index contributed by atoms with van der Waals surface area (Å²) in [5.74, 6) is -0.00448. The van der Waals surface area contributed by atoms with Gasteiger partial charge >= 0.3 is 0 Å². The highest BCUT2D eigenvalue weighted by molar-refractivity contribution is 9.10. The van der Waals surface area contributed by atoms with Gasteiger partial charge in [0.15, 0.2) is 0 Å². The van der Waals surface area contributed by atoms with E-state index in [0.29, 0.717) is 10.2 Å². The molecule has 0 aromatic heterocycles. The molecule has 0 radical (unpaired) electrons. The third-order valence-corrected chi connectivity index (χ3v) is 3.96. The first-order valence-electron chi connectivity index (χ1n) is 6.31. The summed E-state index contributed by atoms with van der Waals surface area (Å²) in [7, 11) is 1.44. The third-order valence-electron chi connectivity index (χ3n) is 3.34. The molecule has 0 aliphatic carbocycles. The second-order valence-electron chi connectivity index (χ2n) is 4.72. The lowest BCUT2D eigenvalue weighted by molar-refractivity contribution is -0.384. The van der Waals surface area contributed by atoms with E-state index in [-0.39, 0.29) is 42.7 Å². The molecule has 22 heavy (non-hydrogen) atoms. The van der Waals surface area contributed by atoms with Gasteiger partial charge < -0.3 is 9.64 Å². The number of amides is 1. The summed E-state index contributed by atoms with van der Waals surface area (Å²) in [4.78, 5) is 26.8. The van der Waals surface area contributed by atoms with E-state index < -0.39 is 4.92 Å². The summed E-state index contributed by atoms with van der Waals surface area (Å²) in [6, 6.07) is 2.76. The molecule has 2 rings (SSSR count). The van der Waals surface area contributed by atoms with Crippen molar-refractivity contribution in [1.29, 1.82) is 0 Å². The Morgan fingerprint density at radius 1 is 1.64 bits per heavy atom. The molecule has 0 spiro atoms. The predicted octanol–water partition coefficient (Wildman–Crippen LogP) is 3.03. The van der Waals surface area contributed by atoms with Crippen LogP contribution in [0.2, 0.25) is 0 Å². The number of nitro groups is 1. The minimum atomic E-state index is -0.548. The predicted molar refractivity (Wildman–Crippen MR) is 81.8 cm³/mol. The van der Waals surface area contributed by atoms with Gasteiger partial charge in [-0.1, -0.05) is 5.11 Å². The first-order valence-corrected chi connectivity index (χ1v) is 7.10. The van der Waals surface area contributed by atoms with Crippen LogP contribution in [0.1, 0.15) is 6.42 Å². The van der Waals surface area contributed by atoms with E-state index in [4.69, 9.17) is 10.3 Å². The molecule has 1 amide bonds. The molecular formula is C12H12BrN5O4. The van der Waals surface area contributed by atoms with Crippen LogP contribution in [-0.2, 0) is 4.79 Å². The van der Waals surface area contributed by atoms with Crippen molar-refractivity contribution in [3.05, 3.63) is 37.2 Å². The fraction of sp³-hybridized carbons (Fsp3) is 0.417. The lowest BCUT2D eigenvalue weighted by Gasteiger charge is -2.18. The second-order valence-corrected chi connectivity index (χ2v) is 5.57. The molecule has 1 aromatic carbocycles. The quantitative estimate of drug-likeness (QED) is 0.260. The van der Waals surface area contributed by atoms with E-state index in [2.05, 4.69) is 26.0 Å². The Balaban J connectivity index is 2.40. The monoisotopic (exact) mass is 369 g/mol. The van der Waals surface area contributed by atoms with Crippen molar-refractivity contribution in [3.63, 3.8) is 0 Å². The summed E-state index contributed by atoms with van der Waals surface area (Å²) in [6.45, 7) is 0.448. The topological polar surface area (TPSA) is 121 Å². The standard InChI is InChI=1S/C12H12BrN5O4/c1-22-11-4-9(10(18(20)21)3-8(11)13)17-6-7(2-12(17)19)5-15-16-14/h3-4,7H,2,5-6H2,1H3. The number of carbonyl (C=O) groups is 1. The number of benzene rings is 1. The Kier molecular flexibility index (Phi) is 4.84. The maximum Gasteiger partial charge on any atom is 0.294 e. The molecule has 1 unspecified atom stereocenters. The van der Waals surface area contributed by atoms with Crippen LogP contribution < -0.4 is 9.64 Å². The van der Waals surface area contributed by atoms with Gasteiger partial charge in [0, 0.05) is 36.6 Å². The van der Waals surface area contributed by atoms with Gasteiger partial charge in [0.2, 0.25) is 5.91 Å². The Morgan fingerprint density at radius 3 is 2.95 bits per heavy atom. The van der Waals surface area contributed by atoms with Gasteiger partial charge in [-0.25, -0.2) is 0 Å². The molecule has 0 saturated carbocycles. The molecule has 10 heteroatoms. The molecule has 1 heterocycles. The molecule has 0 bridgehead atoms.